The molecule has 0 N–H and O–H groups in total. The van der Waals surface area contributed by atoms with E-state index < -0.39 is 10.0 Å². The van der Waals surface area contributed by atoms with Gasteiger partial charge in [-0.25, -0.2) is 13.4 Å². The molecular weight excluding hydrogens is 528 g/mol. The molecule has 1 amide bonds. The second kappa shape index (κ2) is 12.4. The highest BCUT2D eigenvalue weighted by molar-refractivity contribution is 7.89. The molecule has 7 nitrogen and oxygen atoms in total. The number of anilines is 1. The number of sulfonamides is 1. The summed E-state index contributed by atoms with van der Waals surface area (Å²) in [5.74, 6) is -0.193. The minimum absolute atomic E-state index is 0.168. The summed E-state index contributed by atoms with van der Waals surface area (Å²) in [6.07, 6.45) is 0.782. The van der Waals surface area contributed by atoms with Gasteiger partial charge in [0.25, 0.3) is 5.91 Å². The van der Waals surface area contributed by atoms with Gasteiger partial charge in [-0.05, 0) is 94.0 Å². The van der Waals surface area contributed by atoms with Gasteiger partial charge in [-0.2, -0.15) is 4.31 Å². The van der Waals surface area contributed by atoms with Crippen LogP contribution in [0.3, 0.4) is 0 Å². The summed E-state index contributed by atoms with van der Waals surface area (Å²) < 4.78 is 29.2. The second-order valence-corrected chi connectivity index (χ2v) is 12.9. The average Bonchev–Trinajstić information content (AvgIpc) is 3.32. The first kappa shape index (κ1) is 28.9. The van der Waals surface area contributed by atoms with Gasteiger partial charge >= 0.3 is 0 Å². The van der Waals surface area contributed by atoms with Crippen LogP contribution in [-0.2, 0) is 16.6 Å². The predicted octanol–water partition coefficient (Wildman–Crippen LogP) is 5.72. The SMILES string of the molecule is CCN(Cc1ccccc1)S(=O)(=O)c1ccc(C(=O)N(CCCN(C)C)c2nc3cc(C)c(C)cc3s2)cc1. The summed E-state index contributed by atoms with van der Waals surface area (Å²) in [5, 5.41) is 0.649. The van der Waals surface area contributed by atoms with Crippen molar-refractivity contribution >= 4 is 42.6 Å². The molecule has 4 rings (SSSR count). The molecule has 1 aromatic heterocycles. The molecule has 1 heterocycles. The Kier molecular flexibility index (Phi) is 9.17. The van der Waals surface area contributed by atoms with E-state index in [-0.39, 0.29) is 17.3 Å². The van der Waals surface area contributed by atoms with E-state index in [1.54, 1.807) is 17.0 Å². The molecule has 9 heteroatoms. The zero-order valence-corrected chi connectivity index (χ0v) is 24.8. The van der Waals surface area contributed by atoms with Crippen LogP contribution in [0.25, 0.3) is 10.2 Å². The molecule has 0 atom stereocenters. The van der Waals surface area contributed by atoms with E-state index in [1.165, 1.54) is 33.3 Å². The number of thiazole rings is 1. The van der Waals surface area contributed by atoms with Crippen LogP contribution in [-0.4, -0.2) is 62.2 Å². The number of aromatic nitrogens is 1. The third-order valence-electron chi connectivity index (χ3n) is 6.75. The van der Waals surface area contributed by atoms with Crippen molar-refractivity contribution in [2.45, 2.75) is 38.6 Å². The Balaban J connectivity index is 1.60. The van der Waals surface area contributed by atoms with Crippen molar-refractivity contribution < 1.29 is 13.2 Å². The van der Waals surface area contributed by atoms with Crippen LogP contribution in [0.4, 0.5) is 5.13 Å². The lowest BCUT2D eigenvalue weighted by Crippen LogP contribution is -2.33. The van der Waals surface area contributed by atoms with Gasteiger partial charge in [-0.15, -0.1) is 0 Å². The minimum atomic E-state index is -3.72. The summed E-state index contributed by atoms with van der Waals surface area (Å²) in [6.45, 7) is 7.93. The Labute approximate surface area is 235 Å². The molecule has 0 radical (unpaired) electrons. The van der Waals surface area contributed by atoms with Gasteiger partial charge in [0.2, 0.25) is 10.0 Å². The molecule has 0 saturated heterocycles. The standard InChI is InChI=1S/C30H36N4O3S2/c1-6-33(21-24-11-8-7-9-12-24)39(36,37)26-15-13-25(14-16-26)29(35)34(18-10-17-32(4)5)30-31-27-19-22(2)23(3)20-28(27)38-30/h7-9,11-16,19-20H,6,10,17-18,21H2,1-5H3. The van der Waals surface area contributed by atoms with Crippen LogP contribution < -0.4 is 4.90 Å². The van der Waals surface area contributed by atoms with Crippen LogP contribution in [0.1, 0.15) is 40.4 Å². The van der Waals surface area contributed by atoms with Gasteiger partial charge in [0.05, 0.1) is 15.1 Å². The lowest BCUT2D eigenvalue weighted by Gasteiger charge is -2.22. The molecule has 39 heavy (non-hydrogen) atoms. The Morgan fingerprint density at radius 1 is 0.923 bits per heavy atom. The summed E-state index contributed by atoms with van der Waals surface area (Å²) in [4.78, 5) is 22.5. The topological polar surface area (TPSA) is 73.8 Å². The summed E-state index contributed by atoms with van der Waals surface area (Å²) in [7, 11) is 0.291. The van der Waals surface area contributed by atoms with E-state index >= 15 is 0 Å². The van der Waals surface area contributed by atoms with Crippen molar-refractivity contribution in [3.63, 3.8) is 0 Å². The number of nitrogens with zero attached hydrogens (tertiary/aromatic N) is 4. The maximum Gasteiger partial charge on any atom is 0.260 e. The van der Waals surface area contributed by atoms with Crippen molar-refractivity contribution in [1.29, 1.82) is 0 Å². The van der Waals surface area contributed by atoms with Gasteiger partial charge in [-0.3, -0.25) is 9.69 Å². The van der Waals surface area contributed by atoms with E-state index in [0.717, 1.165) is 34.3 Å². The lowest BCUT2D eigenvalue weighted by molar-refractivity contribution is 0.0986. The Morgan fingerprint density at radius 3 is 2.23 bits per heavy atom. The Bertz CT molecular complexity index is 1490. The quantitative estimate of drug-likeness (QED) is 0.233. The van der Waals surface area contributed by atoms with Crippen LogP contribution in [0.15, 0.2) is 71.6 Å². The van der Waals surface area contributed by atoms with Crippen molar-refractivity contribution in [2.24, 2.45) is 0 Å². The molecule has 0 saturated carbocycles. The largest absolute Gasteiger partial charge is 0.309 e. The minimum Gasteiger partial charge on any atom is -0.309 e. The van der Waals surface area contributed by atoms with Gasteiger partial charge in [0, 0.05) is 25.2 Å². The molecule has 0 aliphatic heterocycles. The number of fused-ring (bicyclic) bond motifs is 1. The van der Waals surface area contributed by atoms with E-state index in [0.29, 0.717) is 23.8 Å². The third kappa shape index (κ3) is 6.73. The molecular formula is C30H36N4O3S2. The molecule has 0 aliphatic rings. The fourth-order valence-corrected chi connectivity index (χ4v) is 6.85. The number of carbonyl (C=O) groups excluding carboxylic acids is 1. The molecule has 206 valence electrons. The van der Waals surface area contributed by atoms with Crippen molar-refractivity contribution in [3.05, 3.63) is 89.0 Å². The fraction of sp³-hybridized carbons (Fsp3) is 0.333. The van der Waals surface area contributed by atoms with Crippen LogP contribution in [0.5, 0.6) is 0 Å². The number of aryl methyl sites for hydroxylation is 2. The first-order valence-corrected chi connectivity index (χ1v) is 15.3. The first-order valence-electron chi connectivity index (χ1n) is 13.1. The molecule has 0 spiro atoms. The Morgan fingerprint density at radius 2 is 1.59 bits per heavy atom. The summed E-state index contributed by atoms with van der Waals surface area (Å²) >= 11 is 1.50. The van der Waals surface area contributed by atoms with E-state index in [4.69, 9.17) is 4.98 Å². The van der Waals surface area contributed by atoms with Gasteiger partial charge in [-0.1, -0.05) is 48.6 Å². The van der Waals surface area contributed by atoms with Gasteiger partial charge in [0.1, 0.15) is 0 Å². The molecule has 0 unspecified atom stereocenters. The average molecular weight is 565 g/mol. The van der Waals surface area contributed by atoms with Crippen molar-refractivity contribution in [3.8, 4) is 0 Å². The highest BCUT2D eigenvalue weighted by Gasteiger charge is 2.25. The van der Waals surface area contributed by atoms with E-state index in [9.17, 15) is 13.2 Å². The van der Waals surface area contributed by atoms with Crippen molar-refractivity contribution in [2.75, 3.05) is 38.6 Å². The molecule has 0 bridgehead atoms. The fourth-order valence-electron chi connectivity index (χ4n) is 4.34. The summed E-state index contributed by atoms with van der Waals surface area (Å²) in [6, 6.07) is 20.0. The monoisotopic (exact) mass is 564 g/mol. The van der Waals surface area contributed by atoms with E-state index in [2.05, 4.69) is 30.9 Å². The molecule has 0 fully saturated rings. The smallest absolute Gasteiger partial charge is 0.260 e. The number of amides is 1. The van der Waals surface area contributed by atoms with Crippen LogP contribution in [0.2, 0.25) is 0 Å². The third-order valence-corrected chi connectivity index (χ3v) is 9.73. The number of carbonyl (C=O) groups is 1. The highest BCUT2D eigenvalue weighted by atomic mass is 32.2. The number of rotatable bonds is 11. The van der Waals surface area contributed by atoms with Gasteiger partial charge in [0.15, 0.2) is 5.13 Å². The number of benzene rings is 3. The Hall–Kier alpha value is -3.11. The first-order chi connectivity index (χ1) is 18.6. The highest BCUT2D eigenvalue weighted by Crippen LogP contribution is 2.32. The zero-order valence-electron chi connectivity index (χ0n) is 23.2. The number of hydrogen-bond acceptors (Lipinski definition) is 6. The maximum atomic E-state index is 13.7. The number of hydrogen-bond donors (Lipinski definition) is 0. The second-order valence-electron chi connectivity index (χ2n) is 9.96. The molecule has 3 aromatic carbocycles. The molecule has 0 aliphatic carbocycles. The molecule has 4 aromatic rings. The maximum absolute atomic E-state index is 13.7. The zero-order chi connectivity index (χ0) is 28.2. The van der Waals surface area contributed by atoms with Crippen LogP contribution >= 0.6 is 11.3 Å². The predicted molar refractivity (Wildman–Crippen MR) is 160 cm³/mol. The van der Waals surface area contributed by atoms with Crippen LogP contribution in [0, 0.1) is 13.8 Å². The van der Waals surface area contributed by atoms with Gasteiger partial charge < -0.3 is 4.90 Å². The lowest BCUT2D eigenvalue weighted by atomic mass is 10.1. The normalized spacial score (nSPS) is 12.0. The summed E-state index contributed by atoms with van der Waals surface area (Å²) in [5.41, 5.74) is 4.58. The van der Waals surface area contributed by atoms with Crippen molar-refractivity contribution in [1.82, 2.24) is 14.2 Å². The van der Waals surface area contributed by atoms with E-state index in [1.807, 2.05) is 51.4 Å².